The molecule has 3 aromatic rings. The Hall–Kier alpha value is -2.98. The summed E-state index contributed by atoms with van der Waals surface area (Å²) < 4.78 is 5.23. The first kappa shape index (κ1) is 18.8. The molecule has 6 N–H and O–H groups in total. The minimum atomic E-state index is -0.624. The Labute approximate surface area is 159 Å². The fraction of sp³-hybridized carbons (Fsp3) is 0.294. The third-order valence-corrected chi connectivity index (χ3v) is 5.20. The lowest BCUT2D eigenvalue weighted by Gasteiger charge is -2.15. The number of nitrogens with one attached hydrogen (secondary N) is 1. The number of hydrogen-bond donors (Lipinski definition) is 4. The molecule has 0 fully saturated rings. The van der Waals surface area contributed by atoms with Crippen LogP contribution in [0.3, 0.4) is 0 Å². The van der Waals surface area contributed by atoms with Gasteiger partial charge in [-0.2, -0.15) is 0 Å². The monoisotopic (exact) mass is 388 g/mol. The summed E-state index contributed by atoms with van der Waals surface area (Å²) >= 11 is 1.10. The summed E-state index contributed by atoms with van der Waals surface area (Å²) in [5.74, 6) is 0.250. The van der Waals surface area contributed by atoms with Gasteiger partial charge in [0.25, 0.3) is 5.91 Å². The number of rotatable bonds is 7. The topological polar surface area (TPSA) is 149 Å². The zero-order valence-electron chi connectivity index (χ0n) is 14.9. The molecule has 0 radical (unpaired) electrons. The number of nitrogens with zero attached hydrogens (tertiary/aromatic N) is 3. The molecule has 142 valence electrons. The molecule has 0 unspecified atom stereocenters. The number of anilines is 2. The van der Waals surface area contributed by atoms with E-state index in [-0.39, 0.29) is 23.2 Å². The first-order valence-electron chi connectivity index (χ1n) is 8.25. The number of pyridine rings is 1. The fourth-order valence-electron chi connectivity index (χ4n) is 2.60. The molecule has 1 atom stereocenters. The number of carbonyl (C=O) groups is 1. The predicted octanol–water partition coefficient (Wildman–Crippen LogP) is 1.63. The zero-order valence-corrected chi connectivity index (χ0v) is 15.7. The van der Waals surface area contributed by atoms with Crippen LogP contribution >= 0.6 is 11.3 Å². The smallest absolute Gasteiger partial charge is 0.260 e. The number of hydrogen-bond acceptors (Lipinski definition) is 9. The molecule has 0 aliphatic heterocycles. The summed E-state index contributed by atoms with van der Waals surface area (Å²) in [6.07, 6.45) is 3.89. The van der Waals surface area contributed by atoms with E-state index in [0.717, 1.165) is 11.3 Å². The molecule has 3 heterocycles. The summed E-state index contributed by atoms with van der Waals surface area (Å²) in [4.78, 5) is 25.6. The number of thiophene rings is 1. The Morgan fingerprint density at radius 2 is 2.19 bits per heavy atom. The number of aliphatic hydroxyl groups excluding tert-OH is 1. The van der Waals surface area contributed by atoms with Crippen LogP contribution < -0.4 is 21.5 Å². The quantitative estimate of drug-likeness (QED) is 0.477. The maximum atomic E-state index is 11.7. The van der Waals surface area contributed by atoms with E-state index in [1.807, 2.05) is 6.92 Å². The van der Waals surface area contributed by atoms with E-state index in [4.69, 9.17) is 16.2 Å². The number of aliphatic hydroxyl groups is 1. The molecule has 0 aromatic carbocycles. The van der Waals surface area contributed by atoms with E-state index in [2.05, 4.69) is 20.3 Å². The van der Waals surface area contributed by atoms with Gasteiger partial charge in [-0.15, -0.1) is 11.3 Å². The highest BCUT2D eigenvalue weighted by atomic mass is 32.1. The van der Waals surface area contributed by atoms with Gasteiger partial charge in [0, 0.05) is 11.8 Å². The molecular formula is C17H20N6O3S. The Balaban J connectivity index is 2.25. The lowest BCUT2D eigenvalue weighted by molar-refractivity contribution is 0.100. The first-order valence-corrected chi connectivity index (χ1v) is 9.06. The minimum absolute atomic E-state index is 0.0624. The van der Waals surface area contributed by atoms with Crippen LogP contribution in [0.15, 0.2) is 18.5 Å². The molecule has 9 nitrogen and oxygen atoms in total. The molecule has 0 saturated carbocycles. The summed E-state index contributed by atoms with van der Waals surface area (Å²) in [5.41, 5.74) is 13.0. The molecule has 27 heavy (non-hydrogen) atoms. The van der Waals surface area contributed by atoms with E-state index in [1.165, 1.54) is 0 Å². The van der Waals surface area contributed by atoms with Crippen molar-refractivity contribution in [3.05, 3.63) is 23.3 Å². The molecule has 0 aliphatic rings. The van der Waals surface area contributed by atoms with Crippen molar-refractivity contribution >= 4 is 39.1 Å². The number of ether oxygens (including phenoxy) is 1. The van der Waals surface area contributed by atoms with E-state index in [9.17, 15) is 9.90 Å². The van der Waals surface area contributed by atoms with E-state index in [1.54, 1.807) is 25.6 Å². The largest absolute Gasteiger partial charge is 0.495 e. The summed E-state index contributed by atoms with van der Waals surface area (Å²) in [6.45, 7) is 1.88. The maximum Gasteiger partial charge on any atom is 0.260 e. The van der Waals surface area contributed by atoms with Gasteiger partial charge in [-0.25, -0.2) is 9.97 Å². The highest BCUT2D eigenvalue weighted by molar-refractivity contribution is 7.21. The maximum absolute atomic E-state index is 11.7. The van der Waals surface area contributed by atoms with E-state index >= 15 is 0 Å². The molecule has 0 aliphatic carbocycles. The molecule has 3 rings (SSSR count). The SMILES string of the molecule is CC[C@H](CO)Nc1nc(-c2cncc(OC)c2)c2c(N)c(C(N)=O)sc2n1. The number of carbonyl (C=O) groups excluding carboxylic acids is 1. The summed E-state index contributed by atoms with van der Waals surface area (Å²) in [7, 11) is 1.54. The first-order chi connectivity index (χ1) is 13.0. The normalized spacial score (nSPS) is 12.1. The summed E-state index contributed by atoms with van der Waals surface area (Å²) in [6, 6.07) is 1.56. The number of amides is 1. The Kier molecular flexibility index (Phi) is 5.38. The van der Waals surface area contributed by atoms with Crippen LogP contribution in [0.4, 0.5) is 11.6 Å². The van der Waals surface area contributed by atoms with Crippen molar-refractivity contribution in [2.24, 2.45) is 5.73 Å². The van der Waals surface area contributed by atoms with Crippen molar-refractivity contribution in [2.75, 3.05) is 24.8 Å². The number of nitrogen functional groups attached to an aromatic ring is 1. The Morgan fingerprint density at radius 1 is 1.41 bits per heavy atom. The van der Waals surface area contributed by atoms with Crippen molar-refractivity contribution in [3.8, 4) is 17.0 Å². The standard InChI is InChI=1S/C17H20N6O3S/c1-3-9(7-24)21-17-22-13(8-4-10(26-2)6-20-5-8)11-12(18)14(15(19)25)27-16(11)23-17/h4-6,9,24H,3,7,18H2,1-2H3,(H2,19,25)(H,21,22,23)/t9-/m1/s1. The second-order valence-electron chi connectivity index (χ2n) is 5.83. The fourth-order valence-corrected chi connectivity index (χ4v) is 3.54. The third kappa shape index (κ3) is 3.62. The zero-order chi connectivity index (χ0) is 19.6. The third-order valence-electron chi connectivity index (χ3n) is 4.08. The van der Waals surface area contributed by atoms with Crippen LogP contribution in [0.5, 0.6) is 5.75 Å². The van der Waals surface area contributed by atoms with Gasteiger partial charge in [0.05, 0.1) is 42.7 Å². The lowest BCUT2D eigenvalue weighted by atomic mass is 10.1. The average Bonchev–Trinajstić information content (AvgIpc) is 3.02. The van der Waals surface area contributed by atoms with Crippen molar-refractivity contribution in [1.82, 2.24) is 15.0 Å². The number of nitrogens with two attached hydrogens (primary N) is 2. The van der Waals surface area contributed by atoms with E-state index < -0.39 is 5.91 Å². The second kappa shape index (κ2) is 7.72. The van der Waals surface area contributed by atoms with Gasteiger partial charge in [-0.3, -0.25) is 9.78 Å². The Bertz CT molecular complexity index is 986. The van der Waals surface area contributed by atoms with Crippen molar-refractivity contribution in [3.63, 3.8) is 0 Å². The minimum Gasteiger partial charge on any atom is -0.495 e. The molecule has 0 spiro atoms. The number of primary amides is 1. The number of methoxy groups -OCH3 is 1. The molecule has 0 bridgehead atoms. The van der Waals surface area contributed by atoms with Crippen LogP contribution in [-0.2, 0) is 0 Å². The van der Waals surface area contributed by atoms with Crippen LogP contribution in [-0.4, -0.2) is 45.7 Å². The van der Waals surface area contributed by atoms with Crippen LogP contribution in [0.1, 0.15) is 23.0 Å². The van der Waals surface area contributed by atoms with Gasteiger partial charge >= 0.3 is 0 Å². The molecular weight excluding hydrogens is 368 g/mol. The van der Waals surface area contributed by atoms with Gasteiger partial charge in [-0.05, 0) is 12.5 Å². The molecule has 1 amide bonds. The molecule has 10 heteroatoms. The van der Waals surface area contributed by atoms with Gasteiger partial charge in [0.15, 0.2) is 0 Å². The average molecular weight is 388 g/mol. The predicted molar refractivity (Wildman–Crippen MR) is 105 cm³/mol. The van der Waals surface area contributed by atoms with Gasteiger partial charge in [0.2, 0.25) is 5.95 Å². The number of fused-ring (bicyclic) bond motifs is 1. The molecule has 3 aromatic heterocycles. The van der Waals surface area contributed by atoms with Crippen LogP contribution in [0, 0.1) is 0 Å². The Morgan fingerprint density at radius 3 is 2.81 bits per heavy atom. The lowest BCUT2D eigenvalue weighted by Crippen LogP contribution is -2.24. The highest BCUT2D eigenvalue weighted by Gasteiger charge is 2.22. The van der Waals surface area contributed by atoms with Gasteiger partial charge in [-0.1, -0.05) is 6.92 Å². The van der Waals surface area contributed by atoms with Crippen molar-refractivity contribution in [2.45, 2.75) is 19.4 Å². The van der Waals surface area contributed by atoms with Crippen molar-refractivity contribution in [1.29, 1.82) is 0 Å². The molecule has 0 saturated heterocycles. The second-order valence-corrected chi connectivity index (χ2v) is 6.83. The van der Waals surface area contributed by atoms with Crippen LogP contribution in [0.25, 0.3) is 21.5 Å². The van der Waals surface area contributed by atoms with E-state index in [0.29, 0.717) is 39.6 Å². The highest BCUT2D eigenvalue weighted by Crippen LogP contribution is 2.39. The number of aromatic nitrogens is 3. The van der Waals surface area contributed by atoms with Crippen molar-refractivity contribution < 1.29 is 14.6 Å². The van der Waals surface area contributed by atoms with Gasteiger partial charge in [0.1, 0.15) is 15.5 Å². The van der Waals surface area contributed by atoms with Crippen LogP contribution in [0.2, 0.25) is 0 Å². The van der Waals surface area contributed by atoms with Gasteiger partial charge < -0.3 is 26.6 Å². The summed E-state index contributed by atoms with van der Waals surface area (Å²) in [5, 5.41) is 13.1.